The molecular formula is C5H9NO. The highest BCUT2D eigenvalue weighted by molar-refractivity contribution is 4.97. The van der Waals surface area contributed by atoms with E-state index < -0.39 is 0 Å². The van der Waals surface area contributed by atoms with Crippen molar-refractivity contribution in [3.63, 3.8) is 0 Å². The molecule has 1 heterocycles. The van der Waals surface area contributed by atoms with Gasteiger partial charge in [0.1, 0.15) is 6.26 Å². The van der Waals surface area contributed by atoms with Crippen LogP contribution in [0.1, 0.15) is 6.42 Å². The summed E-state index contributed by atoms with van der Waals surface area (Å²) in [5, 5.41) is 3.00. The number of hydrogen-bond donors (Lipinski definition) is 1. The standard InChI is InChI=1S/C5H9NO/c1-6-5-2-3-7-4-5/h4,6H,2-3H2,1H3. The molecule has 0 unspecified atom stereocenters. The summed E-state index contributed by atoms with van der Waals surface area (Å²) in [5.41, 5.74) is 1.19. The lowest BCUT2D eigenvalue weighted by molar-refractivity contribution is 0.281. The second-order valence-electron chi connectivity index (χ2n) is 1.51. The quantitative estimate of drug-likeness (QED) is 0.516. The van der Waals surface area contributed by atoms with Crippen molar-refractivity contribution in [2.24, 2.45) is 0 Å². The summed E-state index contributed by atoms with van der Waals surface area (Å²) in [6.07, 6.45) is 2.80. The van der Waals surface area contributed by atoms with Crippen LogP contribution >= 0.6 is 0 Å². The van der Waals surface area contributed by atoms with Gasteiger partial charge in [-0.3, -0.25) is 0 Å². The predicted octanol–water partition coefficient (Wildman–Crippen LogP) is 0.467. The molecule has 0 saturated carbocycles. The van der Waals surface area contributed by atoms with Crippen LogP contribution in [0.15, 0.2) is 12.0 Å². The molecule has 2 heteroatoms. The first-order valence-electron chi connectivity index (χ1n) is 2.42. The third-order valence-electron chi connectivity index (χ3n) is 1.04. The summed E-state index contributed by atoms with van der Waals surface area (Å²) < 4.78 is 4.92. The fourth-order valence-electron chi connectivity index (χ4n) is 0.571. The summed E-state index contributed by atoms with van der Waals surface area (Å²) >= 11 is 0. The van der Waals surface area contributed by atoms with E-state index in [1.165, 1.54) is 5.70 Å². The highest BCUT2D eigenvalue weighted by Gasteiger charge is 1.99. The summed E-state index contributed by atoms with van der Waals surface area (Å²) in [5.74, 6) is 0. The van der Waals surface area contributed by atoms with Crippen molar-refractivity contribution >= 4 is 0 Å². The lowest BCUT2D eigenvalue weighted by Crippen LogP contribution is -2.02. The van der Waals surface area contributed by atoms with Crippen molar-refractivity contribution in [3.05, 3.63) is 12.0 Å². The highest BCUT2D eigenvalue weighted by Crippen LogP contribution is 2.04. The van der Waals surface area contributed by atoms with Gasteiger partial charge in [0.2, 0.25) is 0 Å². The predicted molar refractivity (Wildman–Crippen MR) is 27.7 cm³/mol. The van der Waals surface area contributed by atoms with Crippen LogP contribution in [0.4, 0.5) is 0 Å². The van der Waals surface area contributed by atoms with Gasteiger partial charge in [0, 0.05) is 19.2 Å². The van der Waals surface area contributed by atoms with Crippen molar-refractivity contribution in [2.45, 2.75) is 6.42 Å². The number of rotatable bonds is 1. The van der Waals surface area contributed by atoms with Crippen LogP contribution in [0.2, 0.25) is 0 Å². The van der Waals surface area contributed by atoms with Gasteiger partial charge in [0.05, 0.1) is 6.61 Å². The monoisotopic (exact) mass is 99.1 g/mol. The molecule has 0 aromatic rings. The molecule has 1 rings (SSSR count). The second kappa shape index (κ2) is 1.87. The normalized spacial score (nSPS) is 18.1. The third kappa shape index (κ3) is 0.856. The first kappa shape index (κ1) is 4.50. The Labute approximate surface area is 43.2 Å². The molecule has 7 heavy (non-hydrogen) atoms. The van der Waals surface area contributed by atoms with Crippen molar-refractivity contribution in [1.29, 1.82) is 0 Å². The molecule has 1 N–H and O–H groups in total. The molecule has 0 aliphatic carbocycles. The van der Waals surface area contributed by atoms with E-state index in [1.54, 1.807) is 6.26 Å². The first-order valence-corrected chi connectivity index (χ1v) is 2.42. The van der Waals surface area contributed by atoms with Gasteiger partial charge >= 0.3 is 0 Å². The maximum absolute atomic E-state index is 4.92. The molecule has 40 valence electrons. The Balaban J connectivity index is 2.36. The van der Waals surface area contributed by atoms with Crippen LogP contribution in [0.3, 0.4) is 0 Å². The van der Waals surface area contributed by atoms with Crippen LogP contribution in [0.25, 0.3) is 0 Å². The molecule has 1 aliphatic rings. The van der Waals surface area contributed by atoms with Crippen molar-refractivity contribution in [2.75, 3.05) is 13.7 Å². The van der Waals surface area contributed by atoms with Crippen LogP contribution < -0.4 is 5.32 Å². The maximum atomic E-state index is 4.92. The Morgan fingerprint density at radius 1 is 1.86 bits per heavy atom. The van der Waals surface area contributed by atoms with Gasteiger partial charge in [0.15, 0.2) is 0 Å². The summed E-state index contributed by atoms with van der Waals surface area (Å²) in [6, 6.07) is 0. The van der Waals surface area contributed by atoms with Gasteiger partial charge in [-0.15, -0.1) is 0 Å². The van der Waals surface area contributed by atoms with E-state index >= 15 is 0 Å². The van der Waals surface area contributed by atoms with Crippen molar-refractivity contribution < 1.29 is 4.74 Å². The molecule has 2 nitrogen and oxygen atoms in total. The number of hydrogen-bond acceptors (Lipinski definition) is 2. The van der Waals surface area contributed by atoms with Crippen LogP contribution in [0.5, 0.6) is 0 Å². The Morgan fingerprint density at radius 3 is 3.00 bits per heavy atom. The lowest BCUT2D eigenvalue weighted by atomic mass is 10.4. The average molecular weight is 99.1 g/mol. The zero-order valence-electron chi connectivity index (χ0n) is 4.40. The van der Waals surface area contributed by atoms with Crippen molar-refractivity contribution in [1.82, 2.24) is 5.32 Å². The van der Waals surface area contributed by atoms with E-state index in [-0.39, 0.29) is 0 Å². The van der Waals surface area contributed by atoms with E-state index in [9.17, 15) is 0 Å². The van der Waals surface area contributed by atoms with E-state index in [0.29, 0.717) is 0 Å². The minimum atomic E-state index is 0.843. The molecule has 0 fully saturated rings. The van der Waals surface area contributed by atoms with Crippen LogP contribution in [0, 0.1) is 0 Å². The van der Waals surface area contributed by atoms with Crippen LogP contribution in [-0.4, -0.2) is 13.7 Å². The summed E-state index contributed by atoms with van der Waals surface area (Å²) in [7, 11) is 1.90. The molecule has 0 aromatic heterocycles. The SMILES string of the molecule is CNC1=COCC1. The van der Waals surface area contributed by atoms with Gasteiger partial charge in [-0.1, -0.05) is 0 Å². The Bertz CT molecular complexity index is 88.1. The topological polar surface area (TPSA) is 21.3 Å². The molecule has 0 amide bonds. The molecule has 0 atom stereocenters. The van der Waals surface area contributed by atoms with E-state index in [1.807, 2.05) is 7.05 Å². The second-order valence-corrected chi connectivity index (χ2v) is 1.51. The van der Waals surface area contributed by atoms with Crippen molar-refractivity contribution in [3.8, 4) is 0 Å². The average Bonchev–Trinajstić information content (AvgIpc) is 2.14. The zero-order chi connectivity index (χ0) is 5.11. The van der Waals surface area contributed by atoms with Crippen LogP contribution in [-0.2, 0) is 4.74 Å². The minimum absolute atomic E-state index is 0.843. The van der Waals surface area contributed by atoms with Gasteiger partial charge in [-0.25, -0.2) is 0 Å². The molecule has 0 aromatic carbocycles. The Hall–Kier alpha value is -0.660. The summed E-state index contributed by atoms with van der Waals surface area (Å²) in [6.45, 7) is 0.843. The van der Waals surface area contributed by atoms with E-state index in [2.05, 4.69) is 5.32 Å². The molecule has 0 saturated heterocycles. The highest BCUT2D eigenvalue weighted by atomic mass is 16.5. The Morgan fingerprint density at radius 2 is 2.71 bits per heavy atom. The maximum Gasteiger partial charge on any atom is 0.102 e. The van der Waals surface area contributed by atoms with E-state index in [4.69, 9.17) is 4.74 Å². The fraction of sp³-hybridized carbons (Fsp3) is 0.600. The smallest absolute Gasteiger partial charge is 0.102 e. The third-order valence-corrected chi connectivity index (χ3v) is 1.04. The van der Waals surface area contributed by atoms with Gasteiger partial charge in [0.25, 0.3) is 0 Å². The minimum Gasteiger partial charge on any atom is -0.499 e. The molecule has 0 spiro atoms. The molecule has 1 aliphatic heterocycles. The Kier molecular flexibility index (Phi) is 1.20. The lowest BCUT2D eigenvalue weighted by Gasteiger charge is -1.91. The molecule has 0 radical (unpaired) electrons. The zero-order valence-corrected chi connectivity index (χ0v) is 4.40. The van der Waals surface area contributed by atoms with Gasteiger partial charge < -0.3 is 10.1 Å². The van der Waals surface area contributed by atoms with Gasteiger partial charge in [-0.2, -0.15) is 0 Å². The fourth-order valence-corrected chi connectivity index (χ4v) is 0.571. The van der Waals surface area contributed by atoms with Gasteiger partial charge in [-0.05, 0) is 0 Å². The molecule has 0 bridgehead atoms. The first-order chi connectivity index (χ1) is 3.43. The van der Waals surface area contributed by atoms with E-state index in [0.717, 1.165) is 13.0 Å². The number of ether oxygens (including phenoxy) is 1. The number of nitrogens with one attached hydrogen (secondary N) is 1. The summed E-state index contributed by atoms with van der Waals surface area (Å²) in [4.78, 5) is 0. The molecular weight excluding hydrogens is 90.1 g/mol. The largest absolute Gasteiger partial charge is 0.499 e.